The van der Waals surface area contributed by atoms with E-state index in [-0.39, 0.29) is 36.9 Å². The number of aliphatic hydroxyl groups is 1. The van der Waals surface area contributed by atoms with Gasteiger partial charge in [0.2, 0.25) is 5.88 Å². The first-order valence-electron chi connectivity index (χ1n) is 9.79. The molecule has 2 N–H and O–H groups in total. The molecule has 0 radical (unpaired) electrons. The SMILES string of the molecule is CC(=NCC(=O)CCCO)c1c(O)n(-c2cccc(C(F)(F)F)c2)c2cc(C)ccc12. The zero-order valence-electron chi connectivity index (χ0n) is 17.2. The molecule has 0 spiro atoms. The number of aromatic hydroxyl groups is 1. The summed E-state index contributed by atoms with van der Waals surface area (Å²) in [6.07, 6.45) is -3.96. The maximum atomic E-state index is 13.2. The molecule has 0 saturated carbocycles. The molecule has 31 heavy (non-hydrogen) atoms. The Morgan fingerprint density at radius 1 is 1.16 bits per heavy atom. The van der Waals surface area contributed by atoms with Crippen molar-refractivity contribution in [2.24, 2.45) is 4.99 Å². The summed E-state index contributed by atoms with van der Waals surface area (Å²) in [5.74, 6) is -0.394. The molecular formula is C23H23F3N2O3. The number of Topliss-reactive ketones (excluding diaryl/α,β-unsaturated/α-hetero) is 1. The van der Waals surface area contributed by atoms with E-state index in [0.29, 0.717) is 28.6 Å². The topological polar surface area (TPSA) is 74.8 Å². The van der Waals surface area contributed by atoms with Crippen molar-refractivity contribution in [1.29, 1.82) is 0 Å². The highest BCUT2D eigenvalue weighted by molar-refractivity contribution is 6.13. The van der Waals surface area contributed by atoms with Gasteiger partial charge in [-0.25, -0.2) is 0 Å². The Balaban J connectivity index is 2.14. The molecule has 0 atom stereocenters. The van der Waals surface area contributed by atoms with Gasteiger partial charge in [-0.05, 0) is 50.1 Å². The second-order valence-electron chi connectivity index (χ2n) is 7.37. The van der Waals surface area contributed by atoms with Gasteiger partial charge in [-0.2, -0.15) is 13.2 Å². The molecule has 0 amide bonds. The fraction of sp³-hybridized carbons (Fsp3) is 0.304. The maximum absolute atomic E-state index is 13.2. The molecule has 2 aromatic carbocycles. The minimum Gasteiger partial charge on any atom is -0.494 e. The van der Waals surface area contributed by atoms with E-state index >= 15 is 0 Å². The molecule has 0 aliphatic heterocycles. The first-order chi connectivity index (χ1) is 14.6. The Morgan fingerprint density at radius 2 is 1.90 bits per heavy atom. The number of carbonyl (C=O) groups excluding carboxylic acids is 1. The van der Waals surface area contributed by atoms with Crippen LogP contribution < -0.4 is 0 Å². The van der Waals surface area contributed by atoms with Gasteiger partial charge in [0, 0.05) is 29.8 Å². The van der Waals surface area contributed by atoms with Crippen molar-refractivity contribution in [3.63, 3.8) is 0 Å². The van der Waals surface area contributed by atoms with Crippen LogP contribution in [0.5, 0.6) is 5.88 Å². The summed E-state index contributed by atoms with van der Waals surface area (Å²) in [5.41, 5.74) is 1.52. The summed E-state index contributed by atoms with van der Waals surface area (Å²) in [7, 11) is 0. The number of carbonyl (C=O) groups is 1. The average molecular weight is 432 g/mol. The van der Waals surface area contributed by atoms with Crippen molar-refractivity contribution in [2.45, 2.75) is 32.9 Å². The molecule has 1 heterocycles. The summed E-state index contributed by atoms with van der Waals surface area (Å²) in [6, 6.07) is 10.1. The normalized spacial score (nSPS) is 12.5. The fourth-order valence-corrected chi connectivity index (χ4v) is 3.46. The lowest BCUT2D eigenvalue weighted by atomic mass is 10.1. The van der Waals surface area contributed by atoms with E-state index in [1.165, 1.54) is 16.7 Å². The number of benzene rings is 2. The zero-order valence-corrected chi connectivity index (χ0v) is 17.2. The Hall–Kier alpha value is -3.13. The van der Waals surface area contributed by atoms with Crippen LogP contribution in [0.4, 0.5) is 13.2 Å². The summed E-state index contributed by atoms with van der Waals surface area (Å²) in [5, 5.41) is 20.5. The van der Waals surface area contributed by atoms with Gasteiger partial charge in [0.25, 0.3) is 0 Å². The maximum Gasteiger partial charge on any atom is 0.416 e. The molecule has 0 fully saturated rings. The van der Waals surface area contributed by atoms with E-state index in [2.05, 4.69) is 4.99 Å². The van der Waals surface area contributed by atoms with Crippen molar-refractivity contribution >= 4 is 22.4 Å². The first-order valence-corrected chi connectivity index (χ1v) is 9.79. The number of nitrogens with zero attached hydrogens (tertiary/aromatic N) is 2. The highest BCUT2D eigenvalue weighted by Gasteiger charge is 2.31. The van der Waals surface area contributed by atoms with E-state index in [1.54, 1.807) is 19.1 Å². The van der Waals surface area contributed by atoms with Crippen LogP contribution in [0.3, 0.4) is 0 Å². The molecule has 0 aliphatic carbocycles. The van der Waals surface area contributed by atoms with Crippen molar-refractivity contribution < 1.29 is 28.2 Å². The number of fused-ring (bicyclic) bond motifs is 1. The smallest absolute Gasteiger partial charge is 0.416 e. The van der Waals surface area contributed by atoms with Gasteiger partial charge >= 0.3 is 6.18 Å². The van der Waals surface area contributed by atoms with Gasteiger partial charge in [-0.3, -0.25) is 14.4 Å². The summed E-state index contributed by atoms with van der Waals surface area (Å²) >= 11 is 0. The van der Waals surface area contributed by atoms with Gasteiger partial charge in [0.15, 0.2) is 5.78 Å². The van der Waals surface area contributed by atoms with Crippen molar-refractivity contribution in [3.8, 4) is 11.6 Å². The highest BCUT2D eigenvalue weighted by Crippen LogP contribution is 2.37. The van der Waals surface area contributed by atoms with Crippen molar-refractivity contribution in [3.05, 3.63) is 59.2 Å². The molecule has 8 heteroatoms. The van der Waals surface area contributed by atoms with E-state index in [1.807, 2.05) is 13.0 Å². The molecule has 3 aromatic rings. The lowest BCUT2D eigenvalue weighted by molar-refractivity contribution is -0.137. The van der Waals surface area contributed by atoms with Crippen LogP contribution in [0, 0.1) is 6.92 Å². The van der Waals surface area contributed by atoms with E-state index < -0.39 is 11.7 Å². The monoisotopic (exact) mass is 432 g/mol. The van der Waals surface area contributed by atoms with Crippen LogP contribution in [0.1, 0.15) is 36.5 Å². The number of hydrogen-bond donors (Lipinski definition) is 2. The second-order valence-corrected chi connectivity index (χ2v) is 7.37. The molecule has 0 aliphatic rings. The van der Waals surface area contributed by atoms with E-state index in [9.17, 15) is 23.1 Å². The molecule has 0 saturated heterocycles. The average Bonchev–Trinajstić information content (AvgIpc) is 3.00. The number of hydrogen-bond acceptors (Lipinski definition) is 4. The van der Waals surface area contributed by atoms with Gasteiger partial charge in [-0.1, -0.05) is 18.2 Å². The zero-order chi connectivity index (χ0) is 22.8. The predicted octanol–water partition coefficient (Wildman–Crippen LogP) is 4.81. The number of alkyl halides is 3. The van der Waals surface area contributed by atoms with Crippen molar-refractivity contribution in [1.82, 2.24) is 4.57 Å². The highest BCUT2D eigenvalue weighted by atomic mass is 19.4. The summed E-state index contributed by atoms with van der Waals surface area (Å²) in [4.78, 5) is 16.2. The number of rotatable bonds is 7. The number of aryl methyl sites for hydroxylation is 1. The Morgan fingerprint density at radius 3 is 2.58 bits per heavy atom. The standard InChI is InChI=1S/C23H23F3N2O3/c1-14-8-9-19-20(11-14)28(17-6-3-5-16(12-17)23(24,25)26)22(31)21(19)15(2)27-13-18(30)7-4-10-29/h3,5-6,8-9,11-12,29,31H,4,7,10,13H2,1-2H3. The molecular weight excluding hydrogens is 409 g/mol. The number of ketones is 1. The molecule has 0 bridgehead atoms. The lowest BCUT2D eigenvalue weighted by Crippen LogP contribution is -2.07. The van der Waals surface area contributed by atoms with Gasteiger partial charge in [0.05, 0.1) is 23.2 Å². The Labute approximate surface area is 177 Å². The van der Waals surface area contributed by atoms with Crippen molar-refractivity contribution in [2.75, 3.05) is 13.2 Å². The molecule has 164 valence electrons. The number of aliphatic hydroxyl groups excluding tert-OH is 1. The van der Waals surface area contributed by atoms with Crippen LogP contribution in [0.2, 0.25) is 0 Å². The third kappa shape index (κ3) is 4.80. The predicted molar refractivity (Wildman–Crippen MR) is 113 cm³/mol. The Bertz CT molecular complexity index is 1150. The van der Waals surface area contributed by atoms with Gasteiger partial charge < -0.3 is 10.2 Å². The molecule has 1 aromatic heterocycles. The van der Waals surface area contributed by atoms with E-state index in [4.69, 9.17) is 5.11 Å². The number of aliphatic imine (C=N–C) groups is 1. The largest absolute Gasteiger partial charge is 0.494 e. The molecule has 0 unspecified atom stereocenters. The summed E-state index contributed by atoms with van der Waals surface area (Å²) < 4.78 is 41.0. The van der Waals surface area contributed by atoms with Crippen LogP contribution in [-0.4, -0.2) is 39.4 Å². The van der Waals surface area contributed by atoms with Gasteiger partial charge in [0.1, 0.15) is 0 Å². The minimum absolute atomic E-state index is 0.0843. The lowest BCUT2D eigenvalue weighted by Gasteiger charge is -2.12. The van der Waals surface area contributed by atoms with Crippen LogP contribution in [-0.2, 0) is 11.0 Å². The third-order valence-corrected chi connectivity index (χ3v) is 5.00. The number of halogens is 3. The van der Waals surface area contributed by atoms with Crippen LogP contribution >= 0.6 is 0 Å². The van der Waals surface area contributed by atoms with E-state index in [0.717, 1.165) is 17.7 Å². The fourth-order valence-electron chi connectivity index (χ4n) is 3.46. The Kier molecular flexibility index (Phi) is 6.50. The third-order valence-electron chi connectivity index (χ3n) is 5.00. The van der Waals surface area contributed by atoms with Crippen LogP contribution in [0.15, 0.2) is 47.5 Å². The summed E-state index contributed by atoms with van der Waals surface area (Å²) in [6.45, 7) is 3.30. The van der Waals surface area contributed by atoms with Crippen LogP contribution in [0.25, 0.3) is 16.6 Å². The minimum atomic E-state index is -4.51. The first kappa shape index (κ1) is 22.6. The quantitative estimate of drug-likeness (QED) is 0.526. The molecule has 3 rings (SSSR count). The molecule has 5 nitrogen and oxygen atoms in total. The second kappa shape index (κ2) is 8.93. The van der Waals surface area contributed by atoms with Gasteiger partial charge in [-0.15, -0.1) is 0 Å². The number of aromatic nitrogens is 1.